The number of ether oxygens (including phenoxy) is 1. The van der Waals surface area contributed by atoms with Gasteiger partial charge in [0.25, 0.3) is 5.91 Å². The highest BCUT2D eigenvalue weighted by molar-refractivity contribution is 7.14. The van der Waals surface area contributed by atoms with E-state index < -0.39 is 0 Å². The Morgan fingerprint density at radius 2 is 2.20 bits per heavy atom. The number of hydrogen-bond acceptors (Lipinski definition) is 6. The van der Waals surface area contributed by atoms with Gasteiger partial charge >= 0.3 is 5.97 Å². The molecule has 0 fully saturated rings. The number of hydrogen-bond donors (Lipinski definition) is 1. The summed E-state index contributed by atoms with van der Waals surface area (Å²) >= 11 is 2.69. The van der Waals surface area contributed by atoms with Crippen molar-refractivity contribution in [1.29, 1.82) is 0 Å². The zero-order chi connectivity index (χ0) is 14.5. The Morgan fingerprint density at radius 3 is 2.85 bits per heavy atom. The third kappa shape index (κ3) is 3.64. The maximum atomic E-state index is 12.0. The molecule has 0 aliphatic carbocycles. The second-order valence-corrected chi connectivity index (χ2v) is 5.79. The van der Waals surface area contributed by atoms with Crippen molar-refractivity contribution >= 4 is 39.7 Å². The molecule has 5 nitrogen and oxygen atoms in total. The Morgan fingerprint density at radius 1 is 1.40 bits per heavy atom. The number of anilines is 1. The summed E-state index contributed by atoms with van der Waals surface area (Å²) in [5.41, 5.74) is 1.54. The van der Waals surface area contributed by atoms with Gasteiger partial charge in [0, 0.05) is 5.38 Å². The molecule has 1 amide bonds. The molecule has 0 saturated heterocycles. The molecule has 20 heavy (non-hydrogen) atoms. The summed E-state index contributed by atoms with van der Waals surface area (Å²) in [5, 5.41) is 6.84. The average molecular weight is 310 g/mol. The lowest BCUT2D eigenvalue weighted by atomic mass is 10.3. The van der Waals surface area contributed by atoms with Crippen LogP contribution in [0.15, 0.2) is 16.8 Å². The number of carbonyl (C=O) groups excluding carboxylic acids is 2. The van der Waals surface area contributed by atoms with E-state index in [1.54, 1.807) is 12.3 Å². The van der Waals surface area contributed by atoms with Crippen LogP contribution < -0.4 is 5.32 Å². The SMILES string of the molecule is CCOC(=O)Cc1csc(NC(=O)c2sccc2C)n1. The summed E-state index contributed by atoms with van der Waals surface area (Å²) in [4.78, 5) is 28.2. The van der Waals surface area contributed by atoms with E-state index in [-0.39, 0.29) is 18.3 Å². The van der Waals surface area contributed by atoms with Crippen molar-refractivity contribution in [3.8, 4) is 0 Å². The lowest BCUT2D eigenvalue weighted by Gasteiger charge is -2.00. The normalized spacial score (nSPS) is 10.3. The summed E-state index contributed by atoms with van der Waals surface area (Å²) in [7, 11) is 0. The van der Waals surface area contributed by atoms with E-state index in [0.29, 0.717) is 22.3 Å². The lowest BCUT2D eigenvalue weighted by Crippen LogP contribution is -2.11. The molecule has 1 N–H and O–H groups in total. The van der Waals surface area contributed by atoms with Crippen LogP contribution in [0, 0.1) is 6.92 Å². The van der Waals surface area contributed by atoms with Gasteiger partial charge in [-0.15, -0.1) is 22.7 Å². The fourth-order valence-corrected chi connectivity index (χ4v) is 3.09. The Balaban J connectivity index is 1.98. The zero-order valence-electron chi connectivity index (χ0n) is 11.1. The summed E-state index contributed by atoms with van der Waals surface area (Å²) in [6.45, 7) is 4.00. The first kappa shape index (κ1) is 14.7. The third-order valence-electron chi connectivity index (χ3n) is 2.47. The van der Waals surface area contributed by atoms with Gasteiger partial charge in [0.05, 0.1) is 23.6 Å². The van der Waals surface area contributed by atoms with Gasteiger partial charge in [0.1, 0.15) is 0 Å². The van der Waals surface area contributed by atoms with Gasteiger partial charge in [-0.25, -0.2) is 4.98 Å². The van der Waals surface area contributed by atoms with Gasteiger partial charge in [-0.2, -0.15) is 0 Å². The fourth-order valence-electron chi connectivity index (χ4n) is 1.56. The van der Waals surface area contributed by atoms with Crippen molar-refractivity contribution in [1.82, 2.24) is 4.98 Å². The van der Waals surface area contributed by atoms with E-state index in [9.17, 15) is 9.59 Å². The number of esters is 1. The van der Waals surface area contributed by atoms with Gasteiger partial charge in [-0.1, -0.05) is 0 Å². The second-order valence-electron chi connectivity index (χ2n) is 4.01. The fraction of sp³-hybridized carbons (Fsp3) is 0.308. The third-order valence-corrected chi connectivity index (χ3v) is 4.29. The van der Waals surface area contributed by atoms with Crippen LogP contribution in [-0.2, 0) is 16.0 Å². The van der Waals surface area contributed by atoms with Crippen molar-refractivity contribution in [2.45, 2.75) is 20.3 Å². The minimum absolute atomic E-state index is 0.123. The predicted octanol–water partition coefficient (Wildman–Crippen LogP) is 2.87. The molecule has 0 aromatic carbocycles. The maximum Gasteiger partial charge on any atom is 0.311 e. The van der Waals surface area contributed by atoms with Crippen LogP contribution in [0.5, 0.6) is 0 Å². The summed E-state index contributed by atoms with van der Waals surface area (Å²) in [5.74, 6) is -0.487. The average Bonchev–Trinajstić information content (AvgIpc) is 2.99. The molecule has 2 heterocycles. The van der Waals surface area contributed by atoms with Gasteiger partial charge < -0.3 is 4.74 Å². The van der Waals surface area contributed by atoms with Crippen molar-refractivity contribution in [3.63, 3.8) is 0 Å². The molecule has 0 radical (unpaired) electrons. The number of nitrogens with one attached hydrogen (secondary N) is 1. The largest absolute Gasteiger partial charge is 0.466 e. The van der Waals surface area contributed by atoms with Crippen LogP contribution in [0.4, 0.5) is 5.13 Å². The molecular formula is C13H14N2O3S2. The molecule has 0 aliphatic heterocycles. The zero-order valence-corrected chi connectivity index (χ0v) is 12.8. The van der Waals surface area contributed by atoms with Crippen LogP contribution in [0.25, 0.3) is 0 Å². The quantitative estimate of drug-likeness (QED) is 0.862. The van der Waals surface area contributed by atoms with Gasteiger partial charge in [0.2, 0.25) is 0 Å². The van der Waals surface area contributed by atoms with Gasteiger partial charge in [-0.05, 0) is 30.9 Å². The minimum Gasteiger partial charge on any atom is -0.466 e. The molecule has 2 aromatic rings. The number of thiophene rings is 1. The van der Waals surface area contributed by atoms with E-state index in [1.165, 1.54) is 22.7 Å². The Labute approximate surface area is 124 Å². The molecular weight excluding hydrogens is 296 g/mol. The Hall–Kier alpha value is -1.73. The predicted molar refractivity (Wildman–Crippen MR) is 79.5 cm³/mol. The molecule has 0 saturated carbocycles. The molecule has 0 aliphatic rings. The highest BCUT2D eigenvalue weighted by Gasteiger charge is 2.13. The highest BCUT2D eigenvalue weighted by atomic mass is 32.1. The van der Waals surface area contributed by atoms with Crippen LogP contribution >= 0.6 is 22.7 Å². The van der Waals surface area contributed by atoms with Crippen molar-refractivity contribution < 1.29 is 14.3 Å². The van der Waals surface area contributed by atoms with E-state index in [2.05, 4.69) is 10.3 Å². The second kappa shape index (κ2) is 6.62. The van der Waals surface area contributed by atoms with Crippen LogP contribution in [0.2, 0.25) is 0 Å². The Bertz CT molecular complexity index is 619. The summed E-state index contributed by atoms with van der Waals surface area (Å²) < 4.78 is 4.85. The highest BCUT2D eigenvalue weighted by Crippen LogP contribution is 2.20. The minimum atomic E-state index is -0.315. The first-order chi connectivity index (χ1) is 9.60. The summed E-state index contributed by atoms with van der Waals surface area (Å²) in [6.07, 6.45) is 0.123. The van der Waals surface area contributed by atoms with Crippen molar-refractivity contribution in [2.24, 2.45) is 0 Å². The van der Waals surface area contributed by atoms with Crippen LogP contribution in [-0.4, -0.2) is 23.5 Å². The molecule has 0 bridgehead atoms. The molecule has 2 rings (SSSR count). The monoisotopic (exact) mass is 310 g/mol. The smallest absolute Gasteiger partial charge is 0.311 e. The summed E-state index contributed by atoms with van der Waals surface area (Å²) in [6, 6.07) is 1.90. The first-order valence-electron chi connectivity index (χ1n) is 6.05. The number of aryl methyl sites for hydroxylation is 1. The molecule has 0 unspecified atom stereocenters. The molecule has 2 aromatic heterocycles. The number of amides is 1. The van der Waals surface area contributed by atoms with Crippen molar-refractivity contribution in [3.05, 3.63) is 33.0 Å². The van der Waals surface area contributed by atoms with Crippen molar-refractivity contribution in [2.75, 3.05) is 11.9 Å². The maximum absolute atomic E-state index is 12.0. The molecule has 106 valence electrons. The van der Waals surface area contributed by atoms with Crippen LogP contribution in [0.3, 0.4) is 0 Å². The number of aromatic nitrogens is 1. The standard InChI is InChI=1S/C13H14N2O3S2/c1-3-18-10(16)6-9-7-20-13(14-9)15-12(17)11-8(2)4-5-19-11/h4-5,7H,3,6H2,1-2H3,(H,14,15,17). The number of nitrogens with zero attached hydrogens (tertiary/aromatic N) is 1. The molecule has 0 atom stereocenters. The first-order valence-corrected chi connectivity index (χ1v) is 7.81. The van der Waals surface area contributed by atoms with E-state index in [4.69, 9.17) is 4.74 Å². The molecule has 7 heteroatoms. The number of rotatable bonds is 5. The molecule has 0 spiro atoms. The number of carbonyl (C=O) groups is 2. The van der Waals surface area contributed by atoms with E-state index >= 15 is 0 Å². The Kier molecular flexibility index (Phi) is 4.86. The van der Waals surface area contributed by atoms with Gasteiger partial charge in [-0.3, -0.25) is 14.9 Å². The van der Waals surface area contributed by atoms with E-state index in [1.807, 2.05) is 18.4 Å². The van der Waals surface area contributed by atoms with Crippen LogP contribution in [0.1, 0.15) is 27.9 Å². The van der Waals surface area contributed by atoms with Gasteiger partial charge in [0.15, 0.2) is 5.13 Å². The van der Waals surface area contributed by atoms with E-state index in [0.717, 1.165) is 5.56 Å². The topological polar surface area (TPSA) is 68.3 Å². The number of thiazole rings is 1. The lowest BCUT2D eigenvalue weighted by molar-refractivity contribution is -0.142.